The van der Waals surface area contributed by atoms with Gasteiger partial charge in [-0.05, 0) is 80.6 Å². The molecule has 0 bridgehead atoms. The quantitative estimate of drug-likeness (QED) is 0.114. The molecule has 3 N–H and O–H groups in total. The number of Topliss-reactive ketones (excluding diaryl/α,β-unsaturated/α-hetero) is 2. The molecule has 0 radical (unpaired) electrons. The molecule has 4 atom stereocenters. The number of aliphatic carboxylic acids is 2. The first-order chi connectivity index (χ1) is 28.3. The van der Waals surface area contributed by atoms with Gasteiger partial charge in [-0.15, -0.1) is 0 Å². The molecule has 0 amide bonds. The van der Waals surface area contributed by atoms with Crippen LogP contribution in [-0.4, -0.2) is 97.3 Å². The molecule has 2 fully saturated rings. The van der Waals surface area contributed by atoms with Gasteiger partial charge in [0, 0.05) is 44.9 Å². The third kappa shape index (κ3) is 25.0. The van der Waals surface area contributed by atoms with Crippen molar-refractivity contribution in [3.05, 3.63) is 90.8 Å². The number of ketones is 4. The van der Waals surface area contributed by atoms with Crippen molar-refractivity contribution in [2.24, 2.45) is 0 Å². The van der Waals surface area contributed by atoms with Crippen LogP contribution in [0.1, 0.15) is 97.8 Å². The van der Waals surface area contributed by atoms with Crippen LogP contribution in [0.4, 0.5) is 0 Å². The molecule has 7 rings (SSSR count). The van der Waals surface area contributed by atoms with E-state index in [9.17, 15) is 19.2 Å². The van der Waals surface area contributed by atoms with Crippen molar-refractivity contribution in [2.75, 3.05) is 14.2 Å². The molecule has 0 spiro atoms. The van der Waals surface area contributed by atoms with Crippen LogP contribution in [0.25, 0.3) is 0 Å². The number of hydrogen-bond donors (Lipinski definition) is 3. The van der Waals surface area contributed by atoms with Crippen molar-refractivity contribution in [1.29, 1.82) is 0 Å². The number of carboxylic acid groups (broad SMARTS) is 2. The number of para-hydroxylation sites is 1. The molecule has 1 aromatic carbocycles. The highest BCUT2D eigenvalue weighted by Gasteiger charge is 2.43. The molecule has 60 heavy (non-hydrogen) atoms. The second kappa shape index (κ2) is 28.7. The Bertz CT molecular complexity index is 1660. The van der Waals surface area contributed by atoms with Crippen molar-refractivity contribution in [3.8, 4) is 5.75 Å². The van der Waals surface area contributed by atoms with E-state index in [1.807, 2.05) is 42.5 Å². The van der Waals surface area contributed by atoms with Crippen LogP contribution in [0.3, 0.4) is 0 Å². The van der Waals surface area contributed by atoms with Gasteiger partial charge < -0.3 is 34.0 Å². The van der Waals surface area contributed by atoms with E-state index >= 15 is 0 Å². The van der Waals surface area contributed by atoms with Crippen LogP contribution < -0.4 is 4.74 Å². The lowest BCUT2D eigenvalue weighted by atomic mass is 10.00. The lowest BCUT2D eigenvalue weighted by Crippen LogP contribution is -2.44. The number of methoxy groups -OCH3 is 2. The maximum atomic E-state index is 11.0. The molecular formula is C46H66O13Si. The van der Waals surface area contributed by atoms with Gasteiger partial charge in [-0.2, -0.15) is 0 Å². The Morgan fingerprint density at radius 1 is 0.733 bits per heavy atom. The molecule has 14 heteroatoms. The number of aliphatic hydroxyl groups excluding tert-OH is 1. The average Bonchev–Trinajstić information content (AvgIpc) is 4.01. The van der Waals surface area contributed by atoms with Crippen molar-refractivity contribution in [3.63, 3.8) is 0 Å². The van der Waals surface area contributed by atoms with Gasteiger partial charge in [-0.25, -0.2) is 9.59 Å². The molecule has 1 heterocycles. The van der Waals surface area contributed by atoms with Gasteiger partial charge in [0.25, 0.3) is 0 Å². The van der Waals surface area contributed by atoms with E-state index in [0.29, 0.717) is 55.9 Å². The summed E-state index contributed by atoms with van der Waals surface area (Å²) in [5.74, 6) is -0.545. The second-order valence-corrected chi connectivity index (χ2v) is 20.6. The fourth-order valence-electron chi connectivity index (χ4n) is 5.24. The molecule has 1 aliphatic heterocycles. The number of aliphatic hydroxyl groups is 1. The van der Waals surface area contributed by atoms with Gasteiger partial charge in [0.15, 0.2) is 19.9 Å². The van der Waals surface area contributed by atoms with Gasteiger partial charge in [-0.3, -0.25) is 19.2 Å². The standard InChI is InChI=1S/C12H22O2Si.C7H10O.C7H8O.2C6H8O2.C6H8O.C2H2O4/c1-12(2,3)15(4,5)14-11-8-6-10(13)7-9-11;2*1-8-7-5-3-2-4-6-7;7-4-1-2-5-6(3-4)8-5;7-5-1-2-6(8)4-3-5;7-6-4-2-1-3-5-6;3-1(4)2(5)6/h6,8,11H,7,9H2,1-5H3;2-3,6H,4-5H2,1H3;2-6H,1H3;5-6H,1-3H2;1-2,5,7H,3-4H2;1-2H,3-5H2;(H,3,4)(H,5,6). The van der Waals surface area contributed by atoms with E-state index in [1.165, 1.54) is 12.2 Å². The molecule has 6 aliphatic rings. The monoisotopic (exact) mass is 854 g/mol. The van der Waals surface area contributed by atoms with Crippen LogP contribution in [0.15, 0.2) is 90.8 Å². The number of carbonyl (C=O) groups is 6. The third-order valence-corrected chi connectivity index (χ3v) is 14.4. The predicted octanol–water partition coefficient (Wildman–Crippen LogP) is 8.08. The zero-order valence-electron chi connectivity index (χ0n) is 36.3. The first kappa shape index (κ1) is 53.3. The zero-order chi connectivity index (χ0) is 45.1. The number of ether oxygens (including phenoxy) is 3. The lowest BCUT2D eigenvalue weighted by Gasteiger charge is -2.39. The Hall–Kier alpha value is -4.76. The number of rotatable bonds is 4. The summed E-state index contributed by atoms with van der Waals surface area (Å²) >= 11 is 0. The third-order valence-electron chi connectivity index (χ3n) is 9.93. The van der Waals surface area contributed by atoms with Gasteiger partial charge >= 0.3 is 11.9 Å². The number of fused-ring (bicyclic) bond motifs is 1. The first-order valence-electron chi connectivity index (χ1n) is 20.3. The molecule has 332 valence electrons. The maximum absolute atomic E-state index is 11.0. The summed E-state index contributed by atoms with van der Waals surface area (Å²) in [5.41, 5.74) is 0. The highest BCUT2D eigenvalue weighted by atomic mass is 28.4. The molecular weight excluding hydrogens is 789 g/mol. The fraction of sp³-hybridized carbons (Fsp3) is 0.522. The van der Waals surface area contributed by atoms with Gasteiger partial charge in [0.2, 0.25) is 0 Å². The molecule has 1 saturated carbocycles. The van der Waals surface area contributed by atoms with Gasteiger partial charge in [-0.1, -0.05) is 75.4 Å². The molecule has 5 aliphatic carbocycles. The second-order valence-electron chi connectivity index (χ2n) is 15.9. The minimum absolute atomic E-state index is 0.121. The van der Waals surface area contributed by atoms with E-state index in [1.54, 1.807) is 20.3 Å². The predicted molar refractivity (Wildman–Crippen MR) is 232 cm³/mol. The highest BCUT2D eigenvalue weighted by Crippen LogP contribution is 2.38. The molecule has 1 aromatic rings. The maximum Gasteiger partial charge on any atom is 0.414 e. The summed E-state index contributed by atoms with van der Waals surface area (Å²) in [7, 11) is 1.70. The van der Waals surface area contributed by atoms with E-state index < -0.39 is 20.3 Å². The Kier molecular flexibility index (Phi) is 25.4. The smallest absolute Gasteiger partial charge is 0.414 e. The van der Waals surface area contributed by atoms with Crippen LogP contribution in [-0.2, 0) is 42.7 Å². The van der Waals surface area contributed by atoms with E-state index in [0.717, 1.165) is 56.5 Å². The van der Waals surface area contributed by atoms with Crippen LogP contribution >= 0.6 is 0 Å². The number of benzene rings is 1. The summed E-state index contributed by atoms with van der Waals surface area (Å²) in [6.45, 7) is 11.2. The van der Waals surface area contributed by atoms with Crippen molar-refractivity contribution in [1.82, 2.24) is 0 Å². The van der Waals surface area contributed by atoms with Gasteiger partial charge in [0.1, 0.15) is 17.3 Å². The van der Waals surface area contributed by atoms with Crippen molar-refractivity contribution >= 4 is 43.4 Å². The molecule has 0 aromatic heterocycles. The topological polar surface area (TPSA) is 203 Å². The number of carboxylic acids is 2. The van der Waals surface area contributed by atoms with Crippen molar-refractivity contribution in [2.45, 2.75) is 140 Å². The van der Waals surface area contributed by atoms with Gasteiger partial charge in [0.05, 0.1) is 44.4 Å². The Labute approximate surface area is 356 Å². The van der Waals surface area contributed by atoms with Crippen molar-refractivity contribution < 1.29 is 62.7 Å². The summed E-state index contributed by atoms with van der Waals surface area (Å²) in [6, 6.07) is 9.68. The SMILES string of the molecule is CC(C)(C)[Si](C)(C)OC1C=CC(=O)CC1.COC1=CCC=CC1.COc1ccccc1.O=C(O)C(=O)O.O=C1C=CC(O)CC1.O=C1CC=CCC1.O=C1CCC2OC2C1. The summed E-state index contributed by atoms with van der Waals surface area (Å²) in [6.07, 6.45) is 26.9. The number of carbonyl (C=O) groups excluding carboxylic acids is 4. The Balaban J connectivity index is 0.000000358. The summed E-state index contributed by atoms with van der Waals surface area (Å²) in [5, 5.41) is 23.8. The summed E-state index contributed by atoms with van der Waals surface area (Å²) < 4.78 is 21.2. The Morgan fingerprint density at radius 3 is 1.70 bits per heavy atom. The Morgan fingerprint density at radius 2 is 1.35 bits per heavy atom. The van der Waals surface area contributed by atoms with E-state index in [-0.39, 0.29) is 28.8 Å². The average molecular weight is 855 g/mol. The first-order valence-corrected chi connectivity index (χ1v) is 23.2. The number of allylic oxidation sites excluding steroid dienone is 7. The number of epoxide rings is 1. The minimum atomic E-state index is -1.82. The number of hydrogen-bond acceptors (Lipinski definition) is 11. The molecule has 13 nitrogen and oxygen atoms in total. The van der Waals surface area contributed by atoms with E-state index in [4.69, 9.17) is 43.5 Å². The lowest BCUT2D eigenvalue weighted by molar-refractivity contribution is -0.159. The fourth-order valence-corrected chi connectivity index (χ4v) is 6.55. The normalized spacial score (nSPS) is 22.1. The van der Waals surface area contributed by atoms with Crippen LogP contribution in [0.2, 0.25) is 18.1 Å². The molecule has 4 unspecified atom stereocenters. The molecule has 1 saturated heterocycles. The largest absolute Gasteiger partial charge is 0.501 e. The van der Waals surface area contributed by atoms with E-state index in [2.05, 4.69) is 58.2 Å². The highest BCUT2D eigenvalue weighted by molar-refractivity contribution is 6.74. The van der Waals surface area contributed by atoms with Crippen LogP contribution in [0, 0.1) is 0 Å². The van der Waals surface area contributed by atoms with Crippen LogP contribution in [0.5, 0.6) is 5.75 Å². The summed E-state index contributed by atoms with van der Waals surface area (Å²) in [4.78, 5) is 60.7. The zero-order valence-corrected chi connectivity index (χ0v) is 37.3. The minimum Gasteiger partial charge on any atom is -0.501 e.